The van der Waals surface area contributed by atoms with Crippen LogP contribution < -0.4 is 0 Å². The molecule has 0 aromatic heterocycles. The third-order valence-electron chi connectivity index (χ3n) is 11.4. The summed E-state index contributed by atoms with van der Waals surface area (Å²) >= 11 is 0. The number of hydrogen-bond donors (Lipinski definition) is 0. The van der Waals surface area contributed by atoms with Crippen molar-refractivity contribution in [3.63, 3.8) is 0 Å². The van der Waals surface area contributed by atoms with E-state index in [-0.39, 0.29) is 0 Å². The van der Waals surface area contributed by atoms with Crippen molar-refractivity contribution in [2.45, 2.75) is 104 Å². The molecule has 0 amide bonds. The fraction of sp³-hybridized carbons (Fsp3) is 0.333. The first kappa shape index (κ1) is 31.1. The molecule has 0 spiro atoms. The molecular weight excluding hydrogens is 577 g/mol. The minimum Gasteiger partial charge on any atom is -0.0654 e. The summed E-state index contributed by atoms with van der Waals surface area (Å²) in [6.07, 6.45) is 18.2. The van der Waals surface area contributed by atoms with Gasteiger partial charge in [0.25, 0.3) is 0 Å². The van der Waals surface area contributed by atoms with Crippen molar-refractivity contribution >= 4 is 53.9 Å². The predicted octanol–water partition coefficient (Wildman–Crippen LogP) is 14.9. The highest BCUT2D eigenvalue weighted by Crippen LogP contribution is 2.54. The van der Waals surface area contributed by atoms with Crippen molar-refractivity contribution in [3.8, 4) is 22.3 Å². The van der Waals surface area contributed by atoms with Gasteiger partial charge in [0.1, 0.15) is 0 Å². The van der Waals surface area contributed by atoms with Crippen LogP contribution in [0.5, 0.6) is 0 Å². The molecule has 0 heterocycles. The normalized spacial score (nSPS) is 12.3. The van der Waals surface area contributed by atoms with Crippen LogP contribution in [0.3, 0.4) is 0 Å². The van der Waals surface area contributed by atoms with Crippen LogP contribution in [-0.2, 0) is 12.8 Å². The number of fused-ring (bicyclic) bond motifs is 10. The highest BCUT2D eigenvalue weighted by molar-refractivity contribution is 6.29. The average Bonchev–Trinajstić information content (AvgIpc) is 3.46. The van der Waals surface area contributed by atoms with Gasteiger partial charge < -0.3 is 0 Å². The van der Waals surface area contributed by atoms with Crippen LogP contribution in [0, 0.1) is 0 Å². The lowest BCUT2D eigenvalue weighted by atomic mass is 9.82. The molecule has 7 aromatic rings. The van der Waals surface area contributed by atoms with Crippen LogP contribution in [0.15, 0.2) is 97.1 Å². The smallest absolute Gasteiger partial charge is 0.00262 e. The third kappa shape index (κ3) is 5.38. The Bertz CT molecular complexity index is 2110. The van der Waals surface area contributed by atoms with Gasteiger partial charge in [-0.2, -0.15) is 0 Å². The second-order valence-corrected chi connectivity index (χ2v) is 14.5. The Balaban J connectivity index is 1.41. The summed E-state index contributed by atoms with van der Waals surface area (Å²) in [5, 5.41) is 14.1. The molecule has 0 saturated carbocycles. The number of aryl methyl sites for hydroxylation is 2. The van der Waals surface area contributed by atoms with Gasteiger partial charge in [0.05, 0.1) is 0 Å². The summed E-state index contributed by atoms with van der Waals surface area (Å²) in [7, 11) is 0. The van der Waals surface area contributed by atoms with E-state index in [1.165, 1.54) is 142 Å². The lowest BCUT2D eigenvalue weighted by Crippen LogP contribution is -2.00. The van der Waals surface area contributed by atoms with Gasteiger partial charge in [-0.25, -0.2) is 0 Å². The molecule has 48 heavy (non-hydrogen) atoms. The molecule has 0 nitrogen and oxygen atoms in total. The molecule has 7 aromatic carbocycles. The van der Waals surface area contributed by atoms with Crippen molar-refractivity contribution < 1.29 is 0 Å². The SMILES string of the molecule is CCCCCCCCc1c2c(c(CCCCCCCC)c3cc4c5ccccc5c5ccccc5c4cc13)-c1cccc3cccc-2c13. The molecule has 0 fully saturated rings. The zero-order chi connectivity index (χ0) is 32.5. The average molecular weight is 627 g/mol. The Labute approximate surface area is 287 Å². The fourth-order valence-electron chi connectivity index (χ4n) is 9.06. The number of unbranched alkanes of at least 4 members (excludes halogenated alkanes) is 10. The Morgan fingerprint density at radius 3 is 1.19 bits per heavy atom. The Kier molecular flexibility index (Phi) is 8.92. The van der Waals surface area contributed by atoms with Crippen LogP contribution in [0.25, 0.3) is 76.1 Å². The van der Waals surface area contributed by atoms with E-state index in [0.29, 0.717) is 0 Å². The van der Waals surface area contributed by atoms with Crippen molar-refractivity contribution in [2.75, 3.05) is 0 Å². The second-order valence-electron chi connectivity index (χ2n) is 14.5. The number of benzene rings is 7. The van der Waals surface area contributed by atoms with E-state index in [1.54, 1.807) is 22.3 Å². The molecule has 0 aliphatic heterocycles. The molecule has 0 atom stereocenters. The van der Waals surface area contributed by atoms with E-state index in [0.717, 1.165) is 12.8 Å². The third-order valence-corrected chi connectivity index (χ3v) is 11.4. The minimum absolute atomic E-state index is 1.14. The van der Waals surface area contributed by atoms with E-state index in [2.05, 4.69) is 111 Å². The Morgan fingerprint density at radius 1 is 0.354 bits per heavy atom. The Hall–Kier alpha value is -4.16. The summed E-state index contributed by atoms with van der Waals surface area (Å²) in [4.78, 5) is 0. The minimum atomic E-state index is 1.14. The van der Waals surface area contributed by atoms with Gasteiger partial charge in [-0.1, -0.05) is 163 Å². The topological polar surface area (TPSA) is 0 Å². The maximum absolute atomic E-state index is 2.63. The van der Waals surface area contributed by atoms with Crippen molar-refractivity contribution in [3.05, 3.63) is 108 Å². The van der Waals surface area contributed by atoms with E-state index in [1.807, 2.05) is 0 Å². The summed E-state index contributed by atoms with van der Waals surface area (Å²) in [5.74, 6) is 0. The van der Waals surface area contributed by atoms with Crippen molar-refractivity contribution in [1.82, 2.24) is 0 Å². The molecule has 0 N–H and O–H groups in total. The van der Waals surface area contributed by atoms with E-state index in [9.17, 15) is 0 Å². The van der Waals surface area contributed by atoms with Gasteiger partial charge in [-0.15, -0.1) is 0 Å². The van der Waals surface area contributed by atoms with Crippen LogP contribution in [0.1, 0.15) is 102 Å². The summed E-state index contributed by atoms with van der Waals surface area (Å²) < 4.78 is 0. The summed E-state index contributed by atoms with van der Waals surface area (Å²) in [6, 6.07) is 37.5. The van der Waals surface area contributed by atoms with E-state index < -0.39 is 0 Å². The van der Waals surface area contributed by atoms with E-state index in [4.69, 9.17) is 0 Å². The molecular formula is C48H50. The molecule has 1 aliphatic rings. The van der Waals surface area contributed by atoms with Crippen LogP contribution in [-0.4, -0.2) is 0 Å². The van der Waals surface area contributed by atoms with Crippen molar-refractivity contribution in [1.29, 1.82) is 0 Å². The van der Waals surface area contributed by atoms with E-state index >= 15 is 0 Å². The van der Waals surface area contributed by atoms with Gasteiger partial charge in [-0.3, -0.25) is 0 Å². The molecule has 8 rings (SSSR count). The molecule has 0 bridgehead atoms. The van der Waals surface area contributed by atoms with Gasteiger partial charge in [-0.05, 0) is 125 Å². The van der Waals surface area contributed by atoms with Crippen LogP contribution >= 0.6 is 0 Å². The molecule has 1 aliphatic carbocycles. The fourth-order valence-corrected chi connectivity index (χ4v) is 9.06. The first-order valence-electron chi connectivity index (χ1n) is 19.2. The van der Waals surface area contributed by atoms with Gasteiger partial charge in [0.2, 0.25) is 0 Å². The molecule has 242 valence electrons. The summed E-state index contributed by atoms with van der Waals surface area (Å²) in [6.45, 7) is 4.63. The van der Waals surface area contributed by atoms with Gasteiger partial charge in [0, 0.05) is 0 Å². The second kappa shape index (κ2) is 13.8. The summed E-state index contributed by atoms with van der Waals surface area (Å²) in [5.41, 5.74) is 9.21. The highest BCUT2D eigenvalue weighted by Gasteiger charge is 2.29. The largest absolute Gasteiger partial charge is 0.0654 e. The monoisotopic (exact) mass is 626 g/mol. The maximum atomic E-state index is 2.63. The van der Waals surface area contributed by atoms with Crippen LogP contribution in [0.2, 0.25) is 0 Å². The lowest BCUT2D eigenvalue weighted by molar-refractivity contribution is 0.607. The molecule has 0 radical (unpaired) electrons. The standard InChI is InChI=1S/C48H50/c1-3-5-7-9-11-13-27-38-44-31-42-36-25-17-15-23-34(36)35-24-16-18-26-37(35)43(42)32-45(44)39(28-14-12-10-8-6-4-2)48-41-30-20-22-33-21-19-29-40(46(33)41)47(38)48/h15-26,29-32H,3-14,27-28H2,1-2H3. The van der Waals surface area contributed by atoms with Crippen LogP contribution in [0.4, 0.5) is 0 Å². The Morgan fingerprint density at radius 2 is 0.750 bits per heavy atom. The lowest BCUT2D eigenvalue weighted by Gasteiger charge is -2.22. The number of hydrogen-bond acceptors (Lipinski definition) is 0. The zero-order valence-electron chi connectivity index (χ0n) is 29.1. The predicted molar refractivity (Wildman–Crippen MR) is 213 cm³/mol. The quantitative estimate of drug-likeness (QED) is 0.0640. The molecule has 0 unspecified atom stereocenters. The zero-order valence-corrected chi connectivity index (χ0v) is 29.1. The first-order valence-corrected chi connectivity index (χ1v) is 19.2. The maximum Gasteiger partial charge on any atom is -0.00262 e. The highest BCUT2D eigenvalue weighted by atomic mass is 14.3. The molecule has 0 heteroatoms. The first-order chi connectivity index (χ1) is 23.8. The van der Waals surface area contributed by atoms with Crippen molar-refractivity contribution in [2.24, 2.45) is 0 Å². The number of rotatable bonds is 14. The van der Waals surface area contributed by atoms with Gasteiger partial charge >= 0.3 is 0 Å². The van der Waals surface area contributed by atoms with Gasteiger partial charge in [0.15, 0.2) is 0 Å². The molecule has 0 saturated heterocycles.